The van der Waals surface area contributed by atoms with E-state index in [4.69, 9.17) is 0 Å². The molecule has 2 atom stereocenters. The summed E-state index contributed by atoms with van der Waals surface area (Å²) in [6, 6.07) is 5.63. The van der Waals surface area contributed by atoms with Crippen molar-refractivity contribution in [1.29, 1.82) is 0 Å². The van der Waals surface area contributed by atoms with Gasteiger partial charge >= 0.3 is 0 Å². The van der Waals surface area contributed by atoms with E-state index in [0.29, 0.717) is 30.4 Å². The highest BCUT2D eigenvalue weighted by molar-refractivity contribution is 6.05. The molecule has 1 aromatic rings. The molecule has 1 aromatic carbocycles. The summed E-state index contributed by atoms with van der Waals surface area (Å²) in [6.45, 7) is 3.71. The molecule has 4 aliphatic heterocycles. The molecule has 4 aliphatic rings. The predicted molar refractivity (Wildman–Crippen MR) is 117 cm³/mol. The Kier molecular flexibility index (Phi) is 5.44. The van der Waals surface area contributed by atoms with Crippen molar-refractivity contribution in [3.05, 3.63) is 47.2 Å². The molecule has 162 valence electrons. The van der Waals surface area contributed by atoms with Crippen molar-refractivity contribution in [3.63, 3.8) is 0 Å². The first kappa shape index (κ1) is 20.1. The van der Waals surface area contributed by atoms with Gasteiger partial charge in [-0.2, -0.15) is 0 Å². The lowest BCUT2D eigenvalue weighted by atomic mass is 9.87. The Morgan fingerprint density at radius 2 is 1.94 bits per heavy atom. The van der Waals surface area contributed by atoms with Gasteiger partial charge in [0.05, 0.1) is 0 Å². The van der Waals surface area contributed by atoms with Gasteiger partial charge < -0.3 is 9.80 Å². The summed E-state index contributed by atoms with van der Waals surface area (Å²) in [5.41, 5.74) is 2.99. The molecular weight excluding hydrogens is 392 g/mol. The van der Waals surface area contributed by atoms with Gasteiger partial charge in [-0.15, -0.1) is 0 Å². The van der Waals surface area contributed by atoms with Crippen molar-refractivity contribution in [1.82, 2.24) is 15.1 Å². The highest BCUT2D eigenvalue weighted by Crippen LogP contribution is 2.33. The van der Waals surface area contributed by atoms with Gasteiger partial charge in [0.1, 0.15) is 6.04 Å². The van der Waals surface area contributed by atoms with Crippen molar-refractivity contribution in [2.75, 3.05) is 19.6 Å². The zero-order chi connectivity index (χ0) is 21.4. The lowest BCUT2D eigenvalue weighted by molar-refractivity contribution is -0.136. The van der Waals surface area contributed by atoms with Gasteiger partial charge in [-0.25, -0.2) is 0 Å². The second kappa shape index (κ2) is 8.38. The number of nitrogens with one attached hydrogen (secondary N) is 1. The Bertz CT molecular complexity index is 962. The Hall–Kier alpha value is -2.80. The van der Waals surface area contributed by atoms with Gasteiger partial charge in [-0.05, 0) is 67.8 Å². The maximum atomic E-state index is 12.9. The normalized spacial score (nSPS) is 27.0. The zero-order valence-electron chi connectivity index (χ0n) is 17.6. The lowest BCUT2D eigenvalue weighted by Crippen LogP contribution is -2.52. The van der Waals surface area contributed by atoms with Crippen LogP contribution in [0.1, 0.15) is 59.5 Å². The fourth-order valence-electron chi connectivity index (χ4n) is 5.27. The Balaban J connectivity index is 1.22. The van der Waals surface area contributed by atoms with E-state index in [-0.39, 0.29) is 24.1 Å². The van der Waals surface area contributed by atoms with Crippen LogP contribution in [-0.4, -0.2) is 59.4 Å². The summed E-state index contributed by atoms with van der Waals surface area (Å²) in [6.07, 6.45) is 10.1. The quantitative estimate of drug-likeness (QED) is 0.758. The minimum absolute atomic E-state index is 0.102. The molecule has 2 unspecified atom stereocenters. The van der Waals surface area contributed by atoms with Crippen LogP contribution >= 0.6 is 0 Å². The minimum atomic E-state index is -0.553. The van der Waals surface area contributed by atoms with Crippen molar-refractivity contribution in [2.24, 2.45) is 10.9 Å². The maximum absolute atomic E-state index is 12.9. The smallest absolute Gasteiger partial charge is 0.255 e. The van der Waals surface area contributed by atoms with Crippen LogP contribution in [0.4, 0.5) is 0 Å². The minimum Gasteiger partial charge on any atom is -0.322 e. The lowest BCUT2D eigenvalue weighted by Gasteiger charge is -2.34. The molecule has 0 bridgehead atoms. The molecule has 0 radical (unpaired) electrons. The summed E-state index contributed by atoms with van der Waals surface area (Å²) >= 11 is 0. The average Bonchev–Trinajstić information content (AvgIpc) is 3.10. The molecule has 5 rings (SSSR count). The fourth-order valence-corrected chi connectivity index (χ4v) is 5.27. The largest absolute Gasteiger partial charge is 0.322 e. The third kappa shape index (κ3) is 4.06. The van der Waals surface area contributed by atoms with Crippen LogP contribution in [0.25, 0.3) is 0 Å². The Morgan fingerprint density at radius 1 is 1.10 bits per heavy atom. The summed E-state index contributed by atoms with van der Waals surface area (Å²) < 4.78 is 0. The number of piperidine rings is 2. The van der Waals surface area contributed by atoms with Gasteiger partial charge in [0.15, 0.2) is 0 Å². The standard InChI is InChI=1S/C24H28N4O3/c29-22-4-3-21(23(30)26-22)28-15-19-13-18(1-2-20(19)24(28)31)17-7-11-27(12-8-17)14-16-5-9-25-10-6-16/h1-2,5,9-10,13,16-17,21H,3-4,6-8,11-12,14-15H2,(H,26,29,30). The first-order valence-electron chi connectivity index (χ1n) is 11.3. The van der Waals surface area contributed by atoms with Crippen molar-refractivity contribution >= 4 is 23.9 Å². The first-order chi connectivity index (χ1) is 15.1. The number of rotatable bonds is 4. The Labute approximate surface area is 182 Å². The molecule has 0 saturated carbocycles. The van der Waals surface area contributed by atoms with Crippen LogP contribution in [0.3, 0.4) is 0 Å². The van der Waals surface area contributed by atoms with Crippen LogP contribution in [0.15, 0.2) is 35.5 Å². The van der Waals surface area contributed by atoms with Gasteiger partial charge in [0.2, 0.25) is 11.8 Å². The number of nitrogens with zero attached hydrogens (tertiary/aromatic N) is 3. The SMILES string of the molecule is O=C1CCC(N2Cc3cc(C4CCN(CC5C=CN=CC5)CC4)ccc3C2=O)C(=O)N1. The first-order valence-corrected chi connectivity index (χ1v) is 11.3. The van der Waals surface area contributed by atoms with Crippen LogP contribution in [0, 0.1) is 5.92 Å². The second-order valence-electron chi connectivity index (χ2n) is 9.06. The van der Waals surface area contributed by atoms with E-state index in [1.807, 2.05) is 18.5 Å². The monoisotopic (exact) mass is 420 g/mol. The van der Waals surface area contributed by atoms with Gasteiger partial charge in [-0.3, -0.25) is 24.7 Å². The number of carbonyl (C=O) groups excluding carboxylic acids is 3. The number of benzene rings is 1. The van der Waals surface area contributed by atoms with Crippen molar-refractivity contribution in [3.8, 4) is 0 Å². The highest BCUT2D eigenvalue weighted by Gasteiger charge is 2.39. The van der Waals surface area contributed by atoms with E-state index in [0.717, 1.165) is 44.5 Å². The molecule has 3 amide bonds. The van der Waals surface area contributed by atoms with E-state index in [2.05, 4.69) is 33.4 Å². The van der Waals surface area contributed by atoms with Crippen LogP contribution < -0.4 is 5.32 Å². The fraction of sp³-hybridized carbons (Fsp3) is 0.500. The van der Waals surface area contributed by atoms with E-state index >= 15 is 0 Å². The summed E-state index contributed by atoms with van der Waals surface area (Å²) in [7, 11) is 0. The zero-order valence-corrected chi connectivity index (χ0v) is 17.6. The number of carbonyl (C=O) groups is 3. The van der Waals surface area contributed by atoms with Gasteiger partial charge in [-0.1, -0.05) is 18.2 Å². The number of aliphatic imine (C=N–C) groups is 1. The molecule has 2 fully saturated rings. The number of imide groups is 1. The molecular formula is C24H28N4O3. The molecule has 0 aromatic heterocycles. The number of hydrogen-bond acceptors (Lipinski definition) is 5. The van der Waals surface area contributed by atoms with Gasteiger partial charge in [0, 0.05) is 37.5 Å². The molecule has 31 heavy (non-hydrogen) atoms. The molecule has 7 nitrogen and oxygen atoms in total. The number of amides is 3. The molecule has 0 spiro atoms. The van der Waals surface area contributed by atoms with Crippen LogP contribution in [0.2, 0.25) is 0 Å². The average molecular weight is 421 g/mol. The molecule has 0 aliphatic carbocycles. The van der Waals surface area contributed by atoms with E-state index in [1.54, 1.807) is 4.90 Å². The summed E-state index contributed by atoms with van der Waals surface area (Å²) in [5.74, 6) is 0.355. The maximum Gasteiger partial charge on any atom is 0.255 e. The molecule has 4 heterocycles. The molecule has 1 N–H and O–H groups in total. The third-order valence-corrected chi connectivity index (χ3v) is 7.06. The number of likely N-dealkylation sites (tertiary alicyclic amines) is 1. The van der Waals surface area contributed by atoms with E-state index < -0.39 is 6.04 Å². The summed E-state index contributed by atoms with van der Waals surface area (Å²) in [5, 5.41) is 2.36. The topological polar surface area (TPSA) is 82.1 Å². The molecule has 2 saturated heterocycles. The van der Waals surface area contributed by atoms with Crippen LogP contribution in [-0.2, 0) is 16.1 Å². The number of hydrogen-bond donors (Lipinski definition) is 1. The summed E-state index contributed by atoms with van der Waals surface area (Å²) in [4.78, 5) is 44.9. The highest BCUT2D eigenvalue weighted by atomic mass is 16.2. The van der Waals surface area contributed by atoms with Crippen molar-refractivity contribution in [2.45, 2.75) is 50.6 Å². The second-order valence-corrected chi connectivity index (χ2v) is 9.06. The molecule has 7 heteroatoms. The third-order valence-electron chi connectivity index (χ3n) is 7.06. The Morgan fingerprint density at radius 3 is 2.68 bits per heavy atom. The van der Waals surface area contributed by atoms with E-state index in [9.17, 15) is 14.4 Å². The van der Waals surface area contributed by atoms with Crippen molar-refractivity contribution < 1.29 is 14.4 Å². The van der Waals surface area contributed by atoms with Crippen LogP contribution in [0.5, 0.6) is 0 Å². The number of fused-ring (bicyclic) bond motifs is 1. The van der Waals surface area contributed by atoms with Gasteiger partial charge in [0.25, 0.3) is 5.91 Å². The van der Waals surface area contributed by atoms with E-state index in [1.165, 1.54) is 5.56 Å². The predicted octanol–water partition coefficient (Wildman–Crippen LogP) is 2.23.